The van der Waals surface area contributed by atoms with Crippen LogP contribution >= 0.6 is 0 Å². The van der Waals surface area contributed by atoms with E-state index in [9.17, 15) is 9.18 Å². The van der Waals surface area contributed by atoms with Crippen molar-refractivity contribution in [1.29, 1.82) is 0 Å². The van der Waals surface area contributed by atoms with E-state index in [1.165, 1.54) is 6.07 Å². The summed E-state index contributed by atoms with van der Waals surface area (Å²) in [6, 6.07) is 6.12. The second-order valence-corrected chi connectivity index (χ2v) is 7.54. The number of halogens is 1. The van der Waals surface area contributed by atoms with Crippen LogP contribution in [0.15, 0.2) is 33.6 Å². The molecule has 2 aromatic heterocycles. The van der Waals surface area contributed by atoms with Crippen LogP contribution in [0.5, 0.6) is 0 Å². The van der Waals surface area contributed by atoms with Gasteiger partial charge < -0.3 is 9.51 Å². The van der Waals surface area contributed by atoms with Gasteiger partial charge in [0.05, 0.1) is 11.4 Å². The first-order chi connectivity index (χ1) is 13.0. The molecule has 1 aromatic carbocycles. The van der Waals surface area contributed by atoms with Crippen molar-refractivity contribution >= 4 is 10.9 Å². The molecule has 1 saturated heterocycles. The summed E-state index contributed by atoms with van der Waals surface area (Å²) in [5, 5.41) is 4.44. The minimum atomic E-state index is -0.407. The molecule has 0 radical (unpaired) electrons. The van der Waals surface area contributed by atoms with Gasteiger partial charge in [-0.1, -0.05) is 25.1 Å². The molecule has 0 saturated carbocycles. The Bertz CT molecular complexity index is 1010. The van der Waals surface area contributed by atoms with Gasteiger partial charge in [-0.25, -0.2) is 4.39 Å². The first-order valence-electron chi connectivity index (χ1n) is 9.37. The van der Waals surface area contributed by atoms with Crippen molar-refractivity contribution in [2.45, 2.75) is 45.1 Å². The van der Waals surface area contributed by atoms with Gasteiger partial charge in [0.25, 0.3) is 0 Å². The largest absolute Gasteiger partial charge is 0.355 e. The van der Waals surface area contributed by atoms with E-state index in [0.29, 0.717) is 23.5 Å². The number of nitrogens with zero attached hydrogens (tertiary/aromatic N) is 3. The van der Waals surface area contributed by atoms with Crippen LogP contribution in [0.3, 0.4) is 0 Å². The molecule has 27 heavy (non-hydrogen) atoms. The third kappa shape index (κ3) is 3.64. The number of aromatic amines is 1. The number of rotatable bonds is 4. The zero-order valence-electron chi connectivity index (χ0n) is 15.5. The van der Waals surface area contributed by atoms with Crippen LogP contribution in [0.2, 0.25) is 0 Å². The lowest BCUT2D eigenvalue weighted by Gasteiger charge is -2.30. The van der Waals surface area contributed by atoms with Crippen molar-refractivity contribution in [2.24, 2.45) is 0 Å². The smallest absolute Gasteiger partial charge is 0.231 e. The van der Waals surface area contributed by atoms with E-state index in [1.807, 2.05) is 13.8 Å². The van der Waals surface area contributed by atoms with Gasteiger partial charge in [-0.15, -0.1) is 0 Å². The number of pyridine rings is 1. The van der Waals surface area contributed by atoms with Crippen LogP contribution in [0, 0.1) is 5.82 Å². The topological polar surface area (TPSA) is 75.0 Å². The molecule has 0 unspecified atom stereocenters. The Balaban J connectivity index is 1.53. The second-order valence-electron chi connectivity index (χ2n) is 7.54. The van der Waals surface area contributed by atoms with Crippen LogP contribution < -0.4 is 5.43 Å². The fourth-order valence-corrected chi connectivity index (χ4v) is 3.66. The standard InChI is InChI=1S/C20H23FN4O2/c1-12(2)19-23-20(27-24-19)13-5-4-8-25(10-13)11-14-9-17(26)15-6-3-7-16(21)18(15)22-14/h3,6-7,9,12-13H,4-5,8,10-11H2,1-2H3,(H,22,26)/t13-/m1/s1. The summed E-state index contributed by atoms with van der Waals surface area (Å²) < 4.78 is 19.5. The molecule has 0 bridgehead atoms. The third-order valence-electron chi connectivity index (χ3n) is 5.09. The van der Waals surface area contributed by atoms with Gasteiger partial charge in [0.2, 0.25) is 5.89 Å². The van der Waals surface area contributed by atoms with Gasteiger partial charge in [0.15, 0.2) is 11.3 Å². The molecular formula is C20H23FN4O2. The number of hydrogen-bond acceptors (Lipinski definition) is 5. The maximum Gasteiger partial charge on any atom is 0.231 e. The Labute approximate surface area is 156 Å². The summed E-state index contributed by atoms with van der Waals surface area (Å²) in [6.45, 7) is 6.32. The molecule has 1 fully saturated rings. The SMILES string of the molecule is CC(C)c1noc([C@@H]2CCCN(Cc3cc(=O)c4cccc(F)c4[nH]3)C2)n1. The summed E-state index contributed by atoms with van der Waals surface area (Å²) in [7, 11) is 0. The Morgan fingerprint density at radius 1 is 1.41 bits per heavy atom. The Hall–Kier alpha value is -2.54. The first-order valence-corrected chi connectivity index (χ1v) is 9.37. The van der Waals surface area contributed by atoms with Gasteiger partial charge in [-0.3, -0.25) is 9.69 Å². The Morgan fingerprint density at radius 3 is 3.04 bits per heavy atom. The van der Waals surface area contributed by atoms with E-state index in [1.54, 1.807) is 18.2 Å². The molecule has 1 aliphatic heterocycles. The molecule has 142 valence electrons. The third-order valence-corrected chi connectivity index (χ3v) is 5.09. The summed E-state index contributed by atoms with van der Waals surface area (Å²) >= 11 is 0. The van der Waals surface area contributed by atoms with Crippen molar-refractivity contribution in [3.8, 4) is 0 Å². The molecule has 1 atom stereocenters. The molecule has 0 spiro atoms. The van der Waals surface area contributed by atoms with Gasteiger partial charge in [-0.2, -0.15) is 4.98 Å². The summed E-state index contributed by atoms with van der Waals surface area (Å²) in [5.41, 5.74) is 0.823. The maximum atomic E-state index is 14.1. The summed E-state index contributed by atoms with van der Waals surface area (Å²) in [4.78, 5) is 22.2. The Kier molecular flexibility index (Phi) is 4.78. The van der Waals surface area contributed by atoms with E-state index >= 15 is 0 Å². The number of piperidine rings is 1. The molecule has 3 heterocycles. The van der Waals surface area contributed by atoms with Crippen molar-refractivity contribution in [3.05, 3.63) is 57.7 Å². The van der Waals surface area contributed by atoms with Crippen LogP contribution in [0.25, 0.3) is 10.9 Å². The minimum absolute atomic E-state index is 0.162. The number of hydrogen-bond donors (Lipinski definition) is 1. The van der Waals surface area contributed by atoms with Crippen molar-refractivity contribution in [1.82, 2.24) is 20.0 Å². The minimum Gasteiger partial charge on any atom is -0.355 e. The zero-order valence-corrected chi connectivity index (χ0v) is 15.5. The van der Waals surface area contributed by atoms with Gasteiger partial charge in [0.1, 0.15) is 5.82 Å². The molecule has 0 aliphatic carbocycles. The van der Waals surface area contributed by atoms with Crippen LogP contribution in [-0.2, 0) is 6.54 Å². The fourth-order valence-electron chi connectivity index (χ4n) is 3.66. The first kappa shape index (κ1) is 17.9. The van der Waals surface area contributed by atoms with Crippen LogP contribution in [-0.4, -0.2) is 33.1 Å². The molecular weight excluding hydrogens is 347 g/mol. The summed E-state index contributed by atoms with van der Waals surface area (Å²) in [6.07, 6.45) is 2.01. The quantitative estimate of drug-likeness (QED) is 0.760. The van der Waals surface area contributed by atoms with E-state index in [-0.39, 0.29) is 22.8 Å². The number of fused-ring (bicyclic) bond motifs is 1. The molecule has 1 N–H and O–H groups in total. The predicted octanol–water partition coefficient (Wildman–Crippen LogP) is 3.55. The number of likely N-dealkylation sites (tertiary alicyclic amines) is 1. The number of H-pyrrole nitrogens is 1. The highest BCUT2D eigenvalue weighted by atomic mass is 19.1. The fraction of sp³-hybridized carbons (Fsp3) is 0.450. The lowest BCUT2D eigenvalue weighted by atomic mass is 9.97. The molecule has 3 aromatic rings. The average molecular weight is 370 g/mol. The van der Waals surface area contributed by atoms with Crippen molar-refractivity contribution in [2.75, 3.05) is 13.1 Å². The zero-order chi connectivity index (χ0) is 19.0. The van der Waals surface area contributed by atoms with E-state index in [4.69, 9.17) is 4.52 Å². The van der Waals surface area contributed by atoms with E-state index < -0.39 is 5.82 Å². The van der Waals surface area contributed by atoms with E-state index in [2.05, 4.69) is 20.0 Å². The van der Waals surface area contributed by atoms with Gasteiger partial charge >= 0.3 is 0 Å². The summed E-state index contributed by atoms with van der Waals surface area (Å²) in [5.74, 6) is 1.43. The molecule has 7 heteroatoms. The number of nitrogens with one attached hydrogen (secondary N) is 1. The number of aromatic nitrogens is 3. The van der Waals surface area contributed by atoms with E-state index in [0.717, 1.165) is 31.8 Å². The van der Waals surface area contributed by atoms with Crippen molar-refractivity contribution in [3.63, 3.8) is 0 Å². The van der Waals surface area contributed by atoms with Crippen LogP contribution in [0.4, 0.5) is 4.39 Å². The molecule has 4 rings (SSSR count). The highest BCUT2D eigenvalue weighted by molar-refractivity contribution is 5.78. The normalized spacial score (nSPS) is 18.4. The second kappa shape index (κ2) is 7.23. The van der Waals surface area contributed by atoms with Gasteiger partial charge in [-0.05, 0) is 31.5 Å². The highest BCUT2D eigenvalue weighted by Crippen LogP contribution is 2.27. The maximum absolute atomic E-state index is 14.1. The molecule has 1 aliphatic rings. The van der Waals surface area contributed by atoms with Crippen molar-refractivity contribution < 1.29 is 8.91 Å². The molecule has 6 nitrogen and oxygen atoms in total. The number of para-hydroxylation sites is 1. The molecule has 0 amide bonds. The lowest BCUT2D eigenvalue weighted by Crippen LogP contribution is -2.34. The lowest BCUT2D eigenvalue weighted by molar-refractivity contribution is 0.178. The van der Waals surface area contributed by atoms with Gasteiger partial charge in [0, 0.05) is 36.2 Å². The van der Waals surface area contributed by atoms with Crippen LogP contribution in [0.1, 0.15) is 55.9 Å². The number of benzene rings is 1. The highest BCUT2D eigenvalue weighted by Gasteiger charge is 2.26. The predicted molar refractivity (Wildman–Crippen MR) is 100 cm³/mol. The average Bonchev–Trinajstić information content (AvgIpc) is 3.14. The monoisotopic (exact) mass is 370 g/mol. The Morgan fingerprint density at radius 2 is 2.26 bits per heavy atom.